The van der Waals surface area contributed by atoms with Gasteiger partial charge in [0, 0.05) is 40.3 Å². The number of fused-ring (bicyclic) bond motifs is 3. The number of methoxy groups -OCH3 is 2. The van der Waals surface area contributed by atoms with Crippen LogP contribution in [0.3, 0.4) is 0 Å². The summed E-state index contributed by atoms with van der Waals surface area (Å²) in [5.41, 5.74) is 0. The molecule has 0 amide bonds. The first-order chi connectivity index (χ1) is 10.7. The second-order valence-electron chi connectivity index (χ2n) is 6.74. The van der Waals surface area contributed by atoms with Crippen molar-refractivity contribution >= 4 is 0 Å². The maximum atomic E-state index is 6.40. The highest BCUT2D eigenvalue weighted by Crippen LogP contribution is 2.52. The van der Waals surface area contributed by atoms with Crippen LogP contribution in [0, 0.1) is 0 Å². The first-order valence-corrected chi connectivity index (χ1v) is 8.41. The van der Waals surface area contributed by atoms with Crippen LogP contribution in [0.4, 0.5) is 0 Å². The average Bonchev–Trinajstić information content (AvgIpc) is 2.57. The number of hydrogen-bond donors (Lipinski definition) is 0. The third kappa shape index (κ3) is 2.16. The quantitative estimate of drug-likeness (QED) is 0.772. The highest BCUT2D eigenvalue weighted by atomic mass is 16.8. The minimum absolute atomic E-state index is 0.0121. The molecule has 0 aromatic heterocycles. The van der Waals surface area contributed by atoms with Gasteiger partial charge in [0.2, 0.25) is 11.6 Å². The van der Waals surface area contributed by atoms with Crippen LogP contribution in [0.25, 0.3) is 0 Å². The fourth-order valence-electron chi connectivity index (χ4n) is 4.45. The Hall–Kier alpha value is -0.240. The Morgan fingerprint density at radius 3 is 1.59 bits per heavy atom. The van der Waals surface area contributed by atoms with E-state index in [2.05, 4.69) is 0 Å². The van der Waals surface area contributed by atoms with Crippen LogP contribution in [-0.4, -0.2) is 63.4 Å². The normalized spacial score (nSPS) is 51.5. The van der Waals surface area contributed by atoms with E-state index in [9.17, 15) is 0 Å². The Labute approximate surface area is 131 Å². The van der Waals surface area contributed by atoms with Crippen molar-refractivity contribution in [3.63, 3.8) is 0 Å². The van der Waals surface area contributed by atoms with Gasteiger partial charge in [-0.3, -0.25) is 0 Å². The number of hydrogen-bond acceptors (Lipinski definition) is 6. The van der Waals surface area contributed by atoms with Gasteiger partial charge in [-0.2, -0.15) is 0 Å². The van der Waals surface area contributed by atoms with Gasteiger partial charge in [0.05, 0.1) is 24.4 Å². The summed E-state index contributed by atoms with van der Waals surface area (Å²) in [4.78, 5) is 0. The zero-order valence-electron chi connectivity index (χ0n) is 13.4. The standard InChI is InChI=1S/C16H26O6/c1-17-15-9-13-12(6-4-7-19-13)22-16(15,18-2)10-14-11(21-15)5-3-8-20-14/h11-14H,3-10H2,1-2H3/t11-,12+,13-,14+,15-,16+. The minimum atomic E-state index is -0.915. The van der Waals surface area contributed by atoms with Crippen molar-refractivity contribution < 1.29 is 28.4 Å². The molecule has 4 rings (SSSR count). The maximum absolute atomic E-state index is 6.40. The smallest absolute Gasteiger partial charge is 0.226 e. The van der Waals surface area contributed by atoms with Crippen LogP contribution < -0.4 is 0 Å². The first-order valence-electron chi connectivity index (χ1n) is 8.41. The second kappa shape index (κ2) is 5.69. The Bertz CT molecular complexity index is 347. The van der Waals surface area contributed by atoms with Crippen molar-refractivity contribution in [2.24, 2.45) is 0 Å². The van der Waals surface area contributed by atoms with Crippen LogP contribution in [0.5, 0.6) is 0 Å². The summed E-state index contributed by atoms with van der Waals surface area (Å²) >= 11 is 0. The van der Waals surface area contributed by atoms with Crippen LogP contribution in [0.15, 0.2) is 0 Å². The predicted octanol–water partition coefficient (Wildman–Crippen LogP) is 1.61. The monoisotopic (exact) mass is 314 g/mol. The molecule has 0 aromatic carbocycles. The molecular weight excluding hydrogens is 288 g/mol. The first kappa shape index (κ1) is 15.3. The van der Waals surface area contributed by atoms with Crippen LogP contribution in [0.1, 0.15) is 38.5 Å². The Balaban J connectivity index is 1.67. The lowest BCUT2D eigenvalue weighted by Gasteiger charge is -2.60. The molecule has 4 fully saturated rings. The SMILES string of the molecule is CO[C@]12C[C@@H]3OCCC[C@H]3O[C@]1(OC)C[C@H]1OCCC[C@@H]1O2. The molecule has 4 heterocycles. The van der Waals surface area contributed by atoms with Crippen molar-refractivity contribution in [2.45, 2.75) is 74.5 Å². The van der Waals surface area contributed by atoms with E-state index in [0.29, 0.717) is 12.8 Å². The minimum Gasteiger partial charge on any atom is -0.375 e. The van der Waals surface area contributed by atoms with Gasteiger partial charge in [-0.1, -0.05) is 0 Å². The van der Waals surface area contributed by atoms with Gasteiger partial charge in [-0.05, 0) is 25.7 Å². The molecule has 0 radical (unpaired) electrons. The Morgan fingerprint density at radius 2 is 1.18 bits per heavy atom. The van der Waals surface area contributed by atoms with Gasteiger partial charge in [-0.25, -0.2) is 0 Å². The second-order valence-corrected chi connectivity index (χ2v) is 6.74. The molecule has 0 saturated carbocycles. The van der Waals surface area contributed by atoms with Crippen molar-refractivity contribution in [3.8, 4) is 0 Å². The third-order valence-electron chi connectivity index (χ3n) is 5.62. The Kier molecular flexibility index (Phi) is 3.95. The largest absolute Gasteiger partial charge is 0.375 e. The molecule has 4 aliphatic rings. The molecule has 22 heavy (non-hydrogen) atoms. The topological polar surface area (TPSA) is 55.4 Å². The average molecular weight is 314 g/mol. The molecule has 4 saturated heterocycles. The van der Waals surface area contributed by atoms with Crippen LogP contribution in [-0.2, 0) is 28.4 Å². The molecule has 126 valence electrons. The van der Waals surface area contributed by atoms with Crippen LogP contribution >= 0.6 is 0 Å². The molecule has 0 aromatic rings. The van der Waals surface area contributed by atoms with Crippen molar-refractivity contribution in [1.29, 1.82) is 0 Å². The van der Waals surface area contributed by atoms with E-state index in [1.807, 2.05) is 0 Å². The molecule has 6 nitrogen and oxygen atoms in total. The lowest BCUT2D eigenvalue weighted by atomic mass is 9.81. The van der Waals surface area contributed by atoms with Gasteiger partial charge in [0.25, 0.3) is 0 Å². The highest BCUT2D eigenvalue weighted by Gasteiger charge is 2.67. The zero-order valence-corrected chi connectivity index (χ0v) is 13.4. The van der Waals surface area contributed by atoms with Gasteiger partial charge < -0.3 is 28.4 Å². The maximum Gasteiger partial charge on any atom is 0.226 e. The summed E-state index contributed by atoms with van der Waals surface area (Å²) in [7, 11) is 3.34. The summed E-state index contributed by atoms with van der Waals surface area (Å²) in [6.45, 7) is 1.55. The van der Waals surface area contributed by atoms with Gasteiger partial charge in [0.1, 0.15) is 0 Å². The zero-order chi connectivity index (χ0) is 15.2. The predicted molar refractivity (Wildman–Crippen MR) is 76.4 cm³/mol. The van der Waals surface area contributed by atoms with E-state index < -0.39 is 11.6 Å². The lowest BCUT2D eigenvalue weighted by Crippen LogP contribution is -2.73. The molecule has 0 unspecified atom stereocenters. The molecule has 0 bridgehead atoms. The molecule has 4 aliphatic heterocycles. The van der Waals surface area contributed by atoms with E-state index in [0.717, 1.165) is 38.9 Å². The van der Waals surface area contributed by atoms with E-state index in [1.54, 1.807) is 14.2 Å². The van der Waals surface area contributed by atoms with E-state index in [1.165, 1.54) is 0 Å². The van der Waals surface area contributed by atoms with E-state index in [4.69, 9.17) is 28.4 Å². The number of ether oxygens (including phenoxy) is 6. The van der Waals surface area contributed by atoms with E-state index >= 15 is 0 Å². The summed E-state index contributed by atoms with van der Waals surface area (Å²) in [5, 5.41) is 0. The van der Waals surface area contributed by atoms with Crippen molar-refractivity contribution in [2.75, 3.05) is 27.4 Å². The summed E-state index contributed by atoms with van der Waals surface area (Å²) in [6, 6.07) is 0. The summed E-state index contributed by atoms with van der Waals surface area (Å²) < 4.78 is 36.4. The van der Waals surface area contributed by atoms with Gasteiger partial charge in [0.15, 0.2) is 0 Å². The van der Waals surface area contributed by atoms with Crippen molar-refractivity contribution in [1.82, 2.24) is 0 Å². The van der Waals surface area contributed by atoms with Crippen LogP contribution in [0.2, 0.25) is 0 Å². The number of rotatable bonds is 2. The summed E-state index contributed by atoms with van der Waals surface area (Å²) in [5.74, 6) is -1.83. The van der Waals surface area contributed by atoms with Gasteiger partial charge >= 0.3 is 0 Å². The fourth-order valence-corrected chi connectivity index (χ4v) is 4.45. The third-order valence-corrected chi connectivity index (χ3v) is 5.62. The Morgan fingerprint density at radius 1 is 0.727 bits per heavy atom. The fraction of sp³-hybridized carbons (Fsp3) is 1.00. The van der Waals surface area contributed by atoms with E-state index in [-0.39, 0.29) is 24.4 Å². The molecular formula is C16H26O6. The molecule has 0 aliphatic carbocycles. The van der Waals surface area contributed by atoms with Crippen molar-refractivity contribution in [3.05, 3.63) is 0 Å². The molecule has 0 spiro atoms. The van der Waals surface area contributed by atoms with Gasteiger partial charge in [-0.15, -0.1) is 0 Å². The highest BCUT2D eigenvalue weighted by molar-refractivity contribution is 5.05. The molecule has 0 N–H and O–H groups in total. The molecule has 6 atom stereocenters. The molecule has 6 heteroatoms. The summed E-state index contributed by atoms with van der Waals surface area (Å²) in [6.07, 6.45) is 5.41. The lowest BCUT2D eigenvalue weighted by molar-refractivity contribution is -0.481.